The van der Waals surface area contributed by atoms with Gasteiger partial charge in [-0.1, -0.05) is 42.8 Å². The van der Waals surface area contributed by atoms with E-state index in [2.05, 4.69) is 0 Å². The van der Waals surface area contributed by atoms with Crippen LogP contribution in [0.2, 0.25) is 5.02 Å². The minimum atomic E-state index is -0.383. The number of ether oxygens (including phenoxy) is 1. The molecule has 0 fully saturated rings. The zero-order valence-corrected chi connectivity index (χ0v) is 13.8. The van der Waals surface area contributed by atoms with Crippen molar-refractivity contribution in [2.24, 2.45) is 11.5 Å². The third-order valence-corrected chi connectivity index (χ3v) is 4.01. The lowest BCUT2D eigenvalue weighted by Crippen LogP contribution is -2.32. The van der Waals surface area contributed by atoms with E-state index in [1.165, 1.54) is 0 Å². The van der Waals surface area contributed by atoms with Crippen LogP contribution in [0.25, 0.3) is 0 Å². The summed E-state index contributed by atoms with van der Waals surface area (Å²) < 4.78 is 5.74. The smallest absolute Gasteiger partial charge is 0.218 e. The first kappa shape index (κ1) is 17.3. The molecule has 0 radical (unpaired) electrons. The van der Waals surface area contributed by atoms with Gasteiger partial charge in [0.15, 0.2) is 0 Å². The first-order valence-electron chi connectivity index (χ1n) is 7.47. The first-order valence-corrected chi connectivity index (χ1v) is 7.84. The summed E-state index contributed by atoms with van der Waals surface area (Å²) in [4.78, 5) is 11.0. The highest BCUT2D eigenvalue weighted by atomic mass is 35.5. The average molecular weight is 333 g/mol. The molecule has 0 aliphatic rings. The van der Waals surface area contributed by atoms with E-state index in [9.17, 15) is 4.79 Å². The third-order valence-electron chi connectivity index (χ3n) is 3.78. The lowest BCUT2D eigenvalue weighted by atomic mass is 9.92. The number of hydrogen-bond acceptors (Lipinski definition) is 3. The normalized spacial score (nSPS) is 13.3. The van der Waals surface area contributed by atoms with Gasteiger partial charge in [-0.3, -0.25) is 4.79 Å². The number of carbonyl (C=O) groups is 1. The van der Waals surface area contributed by atoms with Gasteiger partial charge in [-0.2, -0.15) is 0 Å². The molecule has 0 saturated heterocycles. The van der Waals surface area contributed by atoms with Crippen LogP contribution in [-0.2, 0) is 11.4 Å². The maximum Gasteiger partial charge on any atom is 0.218 e. The number of nitrogens with two attached hydrogens (primary N) is 2. The Labute approximate surface area is 141 Å². The highest BCUT2D eigenvalue weighted by Crippen LogP contribution is 2.23. The van der Waals surface area contributed by atoms with Gasteiger partial charge in [0.05, 0.1) is 0 Å². The number of benzene rings is 2. The molecule has 4 nitrogen and oxygen atoms in total. The molecule has 0 aliphatic heterocycles. The van der Waals surface area contributed by atoms with Crippen LogP contribution in [0.5, 0.6) is 5.75 Å². The number of amides is 1. The third kappa shape index (κ3) is 5.27. The summed E-state index contributed by atoms with van der Waals surface area (Å²) in [6.45, 7) is 2.44. The summed E-state index contributed by atoms with van der Waals surface area (Å²) in [5.41, 5.74) is 13.2. The second-order valence-corrected chi connectivity index (χ2v) is 6.05. The van der Waals surface area contributed by atoms with E-state index in [-0.39, 0.29) is 24.3 Å². The second-order valence-electron chi connectivity index (χ2n) is 5.61. The molecule has 5 heteroatoms. The second kappa shape index (κ2) is 7.99. The minimum absolute atomic E-state index is 0.0458. The van der Waals surface area contributed by atoms with Crippen LogP contribution in [0.4, 0.5) is 0 Å². The minimum Gasteiger partial charge on any atom is -0.489 e. The van der Waals surface area contributed by atoms with Crippen LogP contribution in [0.3, 0.4) is 0 Å². The molecule has 122 valence electrons. The molecule has 0 aromatic heterocycles. The number of halogens is 1. The summed E-state index contributed by atoms with van der Waals surface area (Å²) in [6.07, 6.45) is 0.175. The van der Waals surface area contributed by atoms with Gasteiger partial charge in [0.1, 0.15) is 12.4 Å². The highest BCUT2D eigenvalue weighted by molar-refractivity contribution is 6.30. The number of rotatable bonds is 7. The van der Waals surface area contributed by atoms with E-state index in [0.717, 1.165) is 16.9 Å². The number of carbonyl (C=O) groups excluding carboxylic acids is 1. The molecule has 2 aromatic carbocycles. The highest BCUT2D eigenvalue weighted by Gasteiger charge is 2.16. The Bertz CT molecular complexity index is 658. The van der Waals surface area contributed by atoms with Crippen LogP contribution in [0, 0.1) is 0 Å². The van der Waals surface area contributed by atoms with Gasteiger partial charge in [-0.05, 0) is 41.3 Å². The Balaban J connectivity index is 1.95. The maximum atomic E-state index is 11.0. The van der Waals surface area contributed by atoms with Crippen molar-refractivity contribution in [2.75, 3.05) is 0 Å². The molecule has 2 aromatic rings. The van der Waals surface area contributed by atoms with E-state index in [0.29, 0.717) is 11.6 Å². The molecular weight excluding hydrogens is 312 g/mol. The van der Waals surface area contributed by atoms with Crippen molar-refractivity contribution in [3.8, 4) is 5.75 Å². The summed E-state index contributed by atoms with van der Waals surface area (Å²) in [5.74, 6) is 0.430. The van der Waals surface area contributed by atoms with Crippen molar-refractivity contribution in [2.45, 2.75) is 31.9 Å². The topological polar surface area (TPSA) is 78.3 Å². The van der Waals surface area contributed by atoms with Gasteiger partial charge in [0, 0.05) is 17.5 Å². The van der Waals surface area contributed by atoms with Crippen LogP contribution in [0.1, 0.15) is 30.4 Å². The van der Waals surface area contributed by atoms with Crippen LogP contribution < -0.4 is 16.2 Å². The molecule has 0 bridgehead atoms. The van der Waals surface area contributed by atoms with Crippen molar-refractivity contribution in [3.63, 3.8) is 0 Å². The van der Waals surface area contributed by atoms with E-state index < -0.39 is 0 Å². The van der Waals surface area contributed by atoms with Crippen molar-refractivity contribution in [3.05, 3.63) is 64.7 Å². The fraction of sp³-hybridized carbons (Fsp3) is 0.278. The molecule has 1 amide bonds. The maximum absolute atomic E-state index is 11.0. The van der Waals surface area contributed by atoms with Crippen molar-refractivity contribution in [1.29, 1.82) is 0 Å². The zero-order chi connectivity index (χ0) is 16.8. The summed E-state index contributed by atoms with van der Waals surface area (Å²) in [7, 11) is 0. The average Bonchev–Trinajstić information content (AvgIpc) is 2.52. The molecule has 0 heterocycles. The summed E-state index contributed by atoms with van der Waals surface area (Å²) >= 11 is 5.95. The van der Waals surface area contributed by atoms with Crippen LogP contribution in [-0.4, -0.2) is 11.9 Å². The SMILES string of the molecule is CC(c1ccc(OCc2cccc(Cl)c2)cc1)C(N)CC(N)=O. The molecule has 2 unspecified atom stereocenters. The lowest BCUT2D eigenvalue weighted by Gasteiger charge is -2.19. The first-order chi connectivity index (χ1) is 11.0. The summed E-state index contributed by atoms with van der Waals surface area (Å²) in [5, 5.41) is 0.693. The van der Waals surface area contributed by atoms with Crippen molar-refractivity contribution in [1.82, 2.24) is 0 Å². The largest absolute Gasteiger partial charge is 0.489 e. The quantitative estimate of drug-likeness (QED) is 0.817. The van der Waals surface area contributed by atoms with Crippen molar-refractivity contribution >= 4 is 17.5 Å². The van der Waals surface area contributed by atoms with Crippen LogP contribution in [0.15, 0.2) is 48.5 Å². The van der Waals surface area contributed by atoms with Crippen molar-refractivity contribution < 1.29 is 9.53 Å². The van der Waals surface area contributed by atoms with Gasteiger partial charge in [-0.25, -0.2) is 0 Å². The molecule has 2 rings (SSSR count). The Morgan fingerprint density at radius 3 is 2.52 bits per heavy atom. The summed E-state index contributed by atoms with van der Waals surface area (Å²) in [6, 6.07) is 15.0. The van der Waals surface area contributed by atoms with Gasteiger partial charge in [-0.15, -0.1) is 0 Å². The Morgan fingerprint density at radius 2 is 1.91 bits per heavy atom. The fourth-order valence-corrected chi connectivity index (χ4v) is 2.53. The Morgan fingerprint density at radius 1 is 1.22 bits per heavy atom. The van der Waals surface area contributed by atoms with E-state index in [1.54, 1.807) is 0 Å². The van der Waals surface area contributed by atoms with Gasteiger partial charge in [0.25, 0.3) is 0 Å². The predicted molar refractivity (Wildman–Crippen MR) is 92.4 cm³/mol. The molecule has 0 saturated carbocycles. The molecular formula is C18H21ClN2O2. The molecule has 2 atom stereocenters. The van der Waals surface area contributed by atoms with Crippen LogP contribution >= 0.6 is 11.6 Å². The van der Waals surface area contributed by atoms with E-state index >= 15 is 0 Å². The number of primary amides is 1. The molecule has 0 spiro atoms. The molecule has 0 aliphatic carbocycles. The fourth-order valence-electron chi connectivity index (χ4n) is 2.32. The van der Waals surface area contributed by atoms with E-state index in [4.69, 9.17) is 27.8 Å². The standard InChI is InChI=1S/C18H21ClN2O2/c1-12(17(20)10-18(21)22)14-5-7-16(8-6-14)23-11-13-3-2-4-15(19)9-13/h2-9,12,17H,10-11,20H2,1H3,(H2,21,22). The zero-order valence-electron chi connectivity index (χ0n) is 13.0. The molecule has 23 heavy (non-hydrogen) atoms. The van der Waals surface area contributed by atoms with E-state index in [1.807, 2.05) is 55.5 Å². The number of hydrogen-bond donors (Lipinski definition) is 2. The van der Waals surface area contributed by atoms with Gasteiger partial charge in [0.2, 0.25) is 5.91 Å². The molecule has 4 N–H and O–H groups in total. The van der Waals surface area contributed by atoms with Gasteiger partial charge >= 0.3 is 0 Å². The monoisotopic (exact) mass is 332 g/mol. The lowest BCUT2D eigenvalue weighted by molar-refractivity contribution is -0.118. The van der Waals surface area contributed by atoms with Gasteiger partial charge < -0.3 is 16.2 Å². The predicted octanol–water partition coefficient (Wildman–Crippen LogP) is 3.23. The Hall–Kier alpha value is -2.04. The Kier molecular flexibility index (Phi) is 6.02.